The molecule has 2 rings (SSSR count). The molecule has 0 unspecified atom stereocenters. The molecule has 0 aliphatic carbocycles. The molecule has 1 saturated heterocycles. The van der Waals surface area contributed by atoms with Crippen molar-refractivity contribution in [1.29, 1.82) is 0 Å². The molecule has 1 aromatic heterocycles. The van der Waals surface area contributed by atoms with Gasteiger partial charge in [0.15, 0.2) is 11.0 Å². The molecule has 0 amide bonds. The molecule has 2 heterocycles. The largest absolute Gasteiger partial charge is 0.469 e. The minimum atomic E-state index is -1.35. The second kappa shape index (κ2) is 8.35. The molecule has 1 aliphatic rings. The van der Waals surface area contributed by atoms with Crippen LogP contribution in [0.5, 0.6) is 0 Å². The number of aromatic amines is 1. The zero-order chi connectivity index (χ0) is 16.4. The van der Waals surface area contributed by atoms with E-state index in [0.717, 1.165) is 0 Å². The van der Waals surface area contributed by atoms with Gasteiger partial charge in [0, 0.05) is 35.7 Å². The summed E-state index contributed by atoms with van der Waals surface area (Å²) in [6.45, 7) is -0.486. The van der Waals surface area contributed by atoms with E-state index in [4.69, 9.17) is 22.1 Å². The summed E-state index contributed by atoms with van der Waals surface area (Å²) in [7, 11) is 1.19. The maximum atomic E-state index is 11.8. The Morgan fingerprint density at radius 2 is 2.13 bits per heavy atom. The van der Waals surface area contributed by atoms with Crippen LogP contribution in [-0.4, -0.2) is 86.8 Å². The number of aliphatic hydroxyl groups is 3. The van der Waals surface area contributed by atoms with Crippen LogP contribution in [0, 0.1) is 4.77 Å². The summed E-state index contributed by atoms with van der Waals surface area (Å²) in [4.78, 5) is 25.5. The minimum absolute atomic E-state index is 0. The zero-order valence-corrected chi connectivity index (χ0v) is 15.8. The second-order valence-electron chi connectivity index (χ2n) is 4.80. The van der Waals surface area contributed by atoms with E-state index in [1.807, 2.05) is 0 Å². The topological polar surface area (TPSA) is 134 Å². The summed E-state index contributed by atoms with van der Waals surface area (Å²) < 4.78 is 11.0. The van der Waals surface area contributed by atoms with E-state index in [1.165, 1.54) is 17.9 Å². The zero-order valence-electron chi connectivity index (χ0n) is 12.1. The van der Waals surface area contributed by atoms with E-state index in [1.54, 1.807) is 0 Å². The molecule has 11 heteroatoms. The Morgan fingerprint density at radius 1 is 1.48 bits per heavy atom. The van der Waals surface area contributed by atoms with Gasteiger partial charge in [-0.2, -0.15) is 0 Å². The number of H-pyrrole nitrogens is 1. The number of carbonyl (C=O) groups is 1. The van der Waals surface area contributed by atoms with Gasteiger partial charge < -0.3 is 24.8 Å². The van der Waals surface area contributed by atoms with Crippen LogP contribution < -0.4 is 5.56 Å². The van der Waals surface area contributed by atoms with Crippen LogP contribution in [0.3, 0.4) is 0 Å². The van der Waals surface area contributed by atoms with E-state index in [9.17, 15) is 19.8 Å². The summed E-state index contributed by atoms with van der Waals surface area (Å²) in [5.41, 5.74) is -0.489. The summed E-state index contributed by atoms with van der Waals surface area (Å²) in [6, 6.07) is 0. The van der Waals surface area contributed by atoms with Crippen molar-refractivity contribution < 1.29 is 29.6 Å². The number of ether oxygens (including phenoxy) is 2. The first-order valence-corrected chi connectivity index (χ1v) is 6.83. The monoisotopic (exact) mass is 452 g/mol. The third-order valence-corrected chi connectivity index (χ3v) is 3.71. The minimum Gasteiger partial charge on any atom is -0.469 e. The number of nitrogens with zero attached hydrogens (tertiary/aromatic N) is 1. The summed E-state index contributed by atoms with van der Waals surface area (Å²) in [6.07, 6.45) is -3.73. The molecule has 23 heavy (non-hydrogen) atoms. The molecular weight excluding hydrogens is 435 g/mol. The maximum absolute atomic E-state index is 11.8. The van der Waals surface area contributed by atoms with Gasteiger partial charge >= 0.3 is 5.97 Å². The van der Waals surface area contributed by atoms with Gasteiger partial charge in [-0.05, 0) is 12.2 Å². The average molecular weight is 451 g/mol. The van der Waals surface area contributed by atoms with Crippen LogP contribution in [0.1, 0.15) is 11.8 Å². The number of rotatable bonds is 4. The van der Waals surface area contributed by atoms with E-state index in [0.29, 0.717) is 0 Å². The van der Waals surface area contributed by atoms with Gasteiger partial charge in [0.25, 0.3) is 5.56 Å². The molecule has 4 atom stereocenters. The van der Waals surface area contributed by atoms with Gasteiger partial charge in [-0.25, -0.2) is 0 Å². The average Bonchev–Trinajstić information content (AvgIpc) is 2.77. The van der Waals surface area contributed by atoms with Crippen LogP contribution in [0.2, 0.25) is 0 Å². The van der Waals surface area contributed by atoms with Crippen LogP contribution in [0.4, 0.5) is 0 Å². The predicted octanol–water partition coefficient (Wildman–Crippen LogP) is -2.15. The number of aliphatic hydroxyl groups excluding tert-OH is 3. The quantitative estimate of drug-likeness (QED) is 0.232. The molecule has 9 nitrogen and oxygen atoms in total. The number of methoxy groups -OCH3 is 1. The van der Waals surface area contributed by atoms with E-state index >= 15 is 0 Å². The Balaban J connectivity index is 0.00000264. The number of aromatic nitrogens is 2. The Morgan fingerprint density at radius 3 is 2.65 bits per heavy atom. The molecule has 126 valence electrons. The molecule has 1 aliphatic heterocycles. The molecule has 0 bridgehead atoms. The van der Waals surface area contributed by atoms with Crippen molar-refractivity contribution in [3.05, 3.63) is 26.9 Å². The molecule has 4 radical (unpaired) electrons. The smallest absolute Gasteiger partial charge is 0.310 e. The maximum Gasteiger partial charge on any atom is 0.310 e. The fourth-order valence-corrected chi connectivity index (χ4v) is 2.43. The number of carbonyl (C=O) groups excluding carboxylic acids is 1. The third-order valence-electron chi connectivity index (χ3n) is 3.40. The molecule has 1 fully saturated rings. The Labute approximate surface area is 152 Å². The van der Waals surface area contributed by atoms with E-state index < -0.39 is 42.7 Å². The van der Waals surface area contributed by atoms with Crippen LogP contribution in [-0.2, 0) is 20.7 Å². The van der Waals surface area contributed by atoms with Gasteiger partial charge in [0.1, 0.15) is 18.3 Å². The van der Waals surface area contributed by atoms with Crippen LogP contribution >= 0.6 is 12.2 Å². The summed E-state index contributed by atoms with van der Waals surface area (Å²) >= 11 is 5.00. The molecule has 0 spiro atoms. The van der Waals surface area contributed by atoms with E-state index in [2.05, 4.69) is 9.72 Å². The SMILES string of the molecule is COC(=O)Cc1cn([C@@H]2O[C@H](CO)[C@@H](O)[C@H]2O)c(=S)[nH]c1=O.[Sn]. The molecule has 0 aromatic carbocycles. The number of hydrogen-bond acceptors (Lipinski definition) is 8. The molecule has 0 saturated carbocycles. The van der Waals surface area contributed by atoms with Crippen LogP contribution in [0.25, 0.3) is 0 Å². The van der Waals surface area contributed by atoms with Gasteiger partial charge in [-0.1, -0.05) is 0 Å². The van der Waals surface area contributed by atoms with Crippen molar-refractivity contribution in [2.45, 2.75) is 31.0 Å². The second-order valence-corrected chi connectivity index (χ2v) is 5.19. The normalized spacial score (nSPS) is 26.6. The number of esters is 1. The summed E-state index contributed by atoms with van der Waals surface area (Å²) in [5, 5.41) is 28.8. The van der Waals surface area contributed by atoms with Gasteiger partial charge in [-0.15, -0.1) is 0 Å². The van der Waals surface area contributed by atoms with Crippen molar-refractivity contribution in [2.24, 2.45) is 0 Å². The molecule has 1 aromatic rings. The standard InChI is InChI=1S/C12H16N2O7S.Sn/c1-20-7(16)2-5-3-14(12(22)13-10(5)19)11-9(18)8(17)6(4-15)21-11;/h3,6,8-9,11,15,17-18H,2,4H2,1H3,(H,13,19,22);/t6-,8-,9-,11-;/m1./s1. The van der Waals surface area contributed by atoms with Crippen molar-refractivity contribution >= 4 is 42.1 Å². The fourth-order valence-electron chi connectivity index (χ4n) is 2.18. The van der Waals surface area contributed by atoms with E-state index in [-0.39, 0.29) is 40.7 Å². The van der Waals surface area contributed by atoms with Crippen molar-refractivity contribution in [2.75, 3.05) is 13.7 Å². The third kappa shape index (κ3) is 4.19. The first kappa shape index (κ1) is 20.3. The number of nitrogens with one attached hydrogen (secondary N) is 1. The Bertz CT molecular complexity index is 676. The predicted molar refractivity (Wildman–Crippen MR) is 80.4 cm³/mol. The van der Waals surface area contributed by atoms with Gasteiger partial charge in [0.05, 0.1) is 20.1 Å². The first-order chi connectivity index (χ1) is 10.4. The summed E-state index contributed by atoms with van der Waals surface area (Å²) in [5.74, 6) is -0.615. The van der Waals surface area contributed by atoms with Crippen molar-refractivity contribution in [3.63, 3.8) is 0 Å². The Kier molecular flexibility index (Phi) is 7.35. The van der Waals surface area contributed by atoms with Crippen LogP contribution in [0.15, 0.2) is 11.0 Å². The van der Waals surface area contributed by atoms with Crippen molar-refractivity contribution in [1.82, 2.24) is 9.55 Å². The van der Waals surface area contributed by atoms with Gasteiger partial charge in [-0.3, -0.25) is 19.1 Å². The fraction of sp³-hybridized carbons (Fsp3) is 0.583. The van der Waals surface area contributed by atoms with Gasteiger partial charge in [0.2, 0.25) is 0 Å². The molecule has 4 N–H and O–H groups in total. The molecular formula is C12H16N2O7SSn. The Hall–Kier alpha value is -0.791. The number of hydrogen-bond donors (Lipinski definition) is 4. The first-order valence-electron chi connectivity index (χ1n) is 6.42. The van der Waals surface area contributed by atoms with Crippen molar-refractivity contribution in [3.8, 4) is 0 Å².